The topological polar surface area (TPSA) is 43.6 Å². The van der Waals surface area contributed by atoms with Crippen molar-refractivity contribution in [3.8, 4) is 129 Å². The molecule has 2 aromatic heterocycles. The third kappa shape index (κ3) is 9.58. The Morgan fingerprint density at radius 3 is 0.847 bits per heavy atom. The van der Waals surface area contributed by atoms with E-state index < -0.39 is 0 Å². The van der Waals surface area contributed by atoms with Gasteiger partial charge in [0.25, 0.3) is 0 Å². The molecule has 0 N–H and O–H groups in total. The van der Waals surface area contributed by atoms with E-state index in [2.05, 4.69) is 326 Å². The van der Waals surface area contributed by atoms with Gasteiger partial charge in [-0.15, -0.1) is 0 Å². The molecule has 2 heterocycles. The van der Waals surface area contributed by atoms with Crippen LogP contribution in [0.3, 0.4) is 0 Å². The Kier molecular flexibility index (Phi) is 13.2. The average Bonchev–Trinajstić information content (AvgIpc) is 1.79. The van der Waals surface area contributed by atoms with E-state index >= 15 is 0 Å². The van der Waals surface area contributed by atoms with E-state index in [0.29, 0.717) is 17.5 Å². The summed E-state index contributed by atoms with van der Waals surface area (Å²) in [6.07, 6.45) is 0. The first kappa shape index (κ1) is 50.6. The Labute approximate surface area is 495 Å². The number of hydrogen-bond donors (Lipinski definition) is 0. The van der Waals surface area contributed by atoms with E-state index in [-0.39, 0.29) is 0 Å². The molecular formula is C81H54N4. The van der Waals surface area contributed by atoms with E-state index in [0.717, 1.165) is 122 Å². The summed E-state index contributed by atoms with van der Waals surface area (Å²) in [5.41, 5.74) is 23.6. The van der Waals surface area contributed by atoms with Crippen molar-refractivity contribution in [1.29, 1.82) is 0 Å². The minimum atomic E-state index is 0.563. The molecule has 0 saturated heterocycles. The maximum atomic E-state index is 5.53. The van der Waals surface area contributed by atoms with E-state index in [4.69, 9.17) is 15.0 Å². The quantitative estimate of drug-likeness (QED) is 0.122. The van der Waals surface area contributed by atoms with Gasteiger partial charge in [-0.1, -0.05) is 309 Å². The van der Waals surface area contributed by atoms with Gasteiger partial charge in [-0.25, -0.2) is 15.0 Å². The molecule has 0 aliphatic rings. The number of rotatable bonds is 12. The number of nitrogens with zero attached hydrogens (tertiary/aromatic N) is 4. The summed E-state index contributed by atoms with van der Waals surface area (Å²) in [5.74, 6) is 1.73. The smallest absolute Gasteiger partial charge is 0.164 e. The highest BCUT2D eigenvalue weighted by atomic mass is 15.0. The van der Waals surface area contributed by atoms with Crippen molar-refractivity contribution in [3.05, 3.63) is 328 Å². The molecule has 0 spiro atoms. The molecule has 398 valence electrons. The standard InChI is InChI=1S/C81H54N4/c1-9-26-55(27-10-1)57-44-46-64(47-45-57)79-82-80(66-43-25-42-65(52-66)56-28-11-2-12-29-56)84-81(83-79)67-53-72(62-38-21-7-22-39-62)76(73(54-67)63-40-23-8-24-41-63)85-77-70(60-34-17-5-18-35-60)50-48-68(58-30-13-3-14-31-58)74(77)75-69(59-32-15-4-16-33-59)49-51-71(78(75)85)61-36-19-6-20-37-61/h1-54H. The fourth-order valence-electron chi connectivity index (χ4n) is 12.3. The van der Waals surface area contributed by atoms with Crippen LogP contribution in [-0.4, -0.2) is 19.5 Å². The molecule has 0 saturated carbocycles. The molecule has 0 radical (unpaired) electrons. The van der Waals surface area contributed by atoms with Crippen LogP contribution in [0.25, 0.3) is 151 Å². The van der Waals surface area contributed by atoms with Gasteiger partial charge < -0.3 is 4.57 Å². The minimum Gasteiger partial charge on any atom is -0.307 e. The van der Waals surface area contributed by atoms with Crippen LogP contribution >= 0.6 is 0 Å². The zero-order chi connectivity index (χ0) is 56.5. The van der Waals surface area contributed by atoms with Gasteiger partial charge in [0, 0.05) is 49.7 Å². The van der Waals surface area contributed by atoms with Gasteiger partial charge in [0.2, 0.25) is 0 Å². The summed E-state index contributed by atoms with van der Waals surface area (Å²) in [4.78, 5) is 16.4. The second-order valence-corrected chi connectivity index (χ2v) is 21.4. The molecule has 4 nitrogen and oxygen atoms in total. The molecule has 13 aromatic carbocycles. The minimum absolute atomic E-state index is 0.563. The van der Waals surface area contributed by atoms with Crippen LogP contribution in [0.1, 0.15) is 0 Å². The van der Waals surface area contributed by atoms with Gasteiger partial charge in [-0.3, -0.25) is 0 Å². The van der Waals surface area contributed by atoms with Crippen molar-refractivity contribution >= 4 is 21.8 Å². The van der Waals surface area contributed by atoms with Gasteiger partial charge in [0.15, 0.2) is 17.5 Å². The highest BCUT2D eigenvalue weighted by molar-refractivity contribution is 6.26. The summed E-state index contributed by atoms with van der Waals surface area (Å²) < 4.78 is 2.62. The fraction of sp³-hybridized carbons (Fsp3) is 0. The van der Waals surface area contributed by atoms with Gasteiger partial charge in [0.1, 0.15) is 0 Å². The number of fused-ring (bicyclic) bond motifs is 3. The van der Waals surface area contributed by atoms with Crippen LogP contribution in [0.4, 0.5) is 0 Å². The molecule has 0 fully saturated rings. The lowest BCUT2D eigenvalue weighted by Crippen LogP contribution is -2.05. The van der Waals surface area contributed by atoms with Crippen molar-refractivity contribution in [3.63, 3.8) is 0 Å². The Morgan fingerprint density at radius 1 is 0.176 bits per heavy atom. The Morgan fingerprint density at radius 2 is 0.447 bits per heavy atom. The van der Waals surface area contributed by atoms with Crippen LogP contribution in [0.2, 0.25) is 0 Å². The third-order valence-corrected chi connectivity index (χ3v) is 16.3. The van der Waals surface area contributed by atoms with Gasteiger partial charge in [0.05, 0.1) is 16.7 Å². The molecule has 0 aliphatic heterocycles. The number of aromatic nitrogens is 4. The van der Waals surface area contributed by atoms with Crippen LogP contribution in [0.15, 0.2) is 328 Å². The highest BCUT2D eigenvalue weighted by Crippen LogP contribution is 2.52. The van der Waals surface area contributed by atoms with Crippen LogP contribution in [-0.2, 0) is 0 Å². The molecule has 0 amide bonds. The summed E-state index contributed by atoms with van der Waals surface area (Å²) in [7, 11) is 0. The number of benzene rings is 13. The second kappa shape index (κ2) is 22.2. The molecule has 15 rings (SSSR count). The number of hydrogen-bond acceptors (Lipinski definition) is 3. The van der Waals surface area contributed by atoms with Crippen LogP contribution < -0.4 is 0 Å². The molecule has 0 aliphatic carbocycles. The molecule has 0 atom stereocenters. The van der Waals surface area contributed by atoms with E-state index in [1.807, 2.05) is 6.07 Å². The van der Waals surface area contributed by atoms with Crippen molar-refractivity contribution in [2.45, 2.75) is 0 Å². The lowest BCUT2D eigenvalue weighted by Gasteiger charge is -2.23. The van der Waals surface area contributed by atoms with E-state index in [1.54, 1.807) is 0 Å². The molecule has 85 heavy (non-hydrogen) atoms. The fourth-order valence-corrected chi connectivity index (χ4v) is 12.3. The van der Waals surface area contributed by atoms with Crippen LogP contribution in [0.5, 0.6) is 0 Å². The van der Waals surface area contributed by atoms with Gasteiger partial charge in [-0.2, -0.15) is 0 Å². The molecule has 0 bridgehead atoms. The van der Waals surface area contributed by atoms with E-state index in [9.17, 15) is 0 Å². The Balaban J connectivity index is 1.09. The van der Waals surface area contributed by atoms with Gasteiger partial charge in [-0.05, 0) is 85.0 Å². The Bertz CT molecular complexity index is 4660. The normalized spacial score (nSPS) is 11.3. The van der Waals surface area contributed by atoms with Crippen molar-refractivity contribution in [2.75, 3.05) is 0 Å². The maximum absolute atomic E-state index is 5.53. The average molecular weight is 1080 g/mol. The summed E-state index contributed by atoms with van der Waals surface area (Å²) in [6, 6.07) is 117. The predicted molar refractivity (Wildman–Crippen MR) is 354 cm³/mol. The first-order valence-corrected chi connectivity index (χ1v) is 28.9. The van der Waals surface area contributed by atoms with Crippen molar-refractivity contribution in [1.82, 2.24) is 19.5 Å². The first-order valence-electron chi connectivity index (χ1n) is 28.9. The molecular weight excluding hydrogens is 1030 g/mol. The summed E-state index contributed by atoms with van der Waals surface area (Å²) in [5, 5.41) is 2.34. The van der Waals surface area contributed by atoms with Crippen molar-refractivity contribution in [2.24, 2.45) is 0 Å². The first-order chi connectivity index (χ1) is 42.2. The zero-order valence-corrected chi connectivity index (χ0v) is 46.5. The zero-order valence-electron chi connectivity index (χ0n) is 46.5. The third-order valence-electron chi connectivity index (χ3n) is 16.3. The lowest BCUT2D eigenvalue weighted by molar-refractivity contribution is 1.07. The van der Waals surface area contributed by atoms with E-state index in [1.165, 1.54) is 10.8 Å². The second-order valence-electron chi connectivity index (χ2n) is 21.4. The SMILES string of the molecule is c1ccc(-c2ccc(-c3nc(-c4cccc(-c5ccccc5)c4)nc(-c4cc(-c5ccccc5)c(-n5c6c(-c7ccccc7)ccc(-c7ccccc7)c6c6c(-c7ccccc7)ccc(-c7ccccc7)c65)c(-c5ccccc5)c4)n3)cc2)cc1. The predicted octanol–water partition coefficient (Wildman–Crippen LogP) is 21.3. The highest BCUT2D eigenvalue weighted by Gasteiger charge is 2.29. The van der Waals surface area contributed by atoms with Gasteiger partial charge >= 0.3 is 0 Å². The van der Waals surface area contributed by atoms with Crippen molar-refractivity contribution < 1.29 is 0 Å². The summed E-state index contributed by atoms with van der Waals surface area (Å²) >= 11 is 0. The largest absolute Gasteiger partial charge is 0.307 e. The summed E-state index contributed by atoms with van der Waals surface area (Å²) in [6.45, 7) is 0. The Hall–Kier alpha value is -11.3. The molecule has 15 aromatic rings. The monoisotopic (exact) mass is 1080 g/mol. The molecule has 0 unspecified atom stereocenters. The molecule has 4 heteroatoms. The maximum Gasteiger partial charge on any atom is 0.164 e. The van der Waals surface area contributed by atoms with Crippen LogP contribution in [0, 0.1) is 0 Å². The lowest BCUT2D eigenvalue weighted by atomic mass is 9.90.